The summed E-state index contributed by atoms with van der Waals surface area (Å²) in [5.41, 5.74) is 5.57. The van der Waals surface area contributed by atoms with Gasteiger partial charge in [0.2, 0.25) is 5.91 Å². The van der Waals surface area contributed by atoms with Crippen molar-refractivity contribution in [1.82, 2.24) is 14.9 Å². The number of nitrogens with two attached hydrogens (primary N) is 1. The quantitative estimate of drug-likeness (QED) is 0.604. The number of fused-ring (bicyclic) bond motifs is 1. The van der Waals surface area contributed by atoms with Gasteiger partial charge in [0.15, 0.2) is 5.16 Å². The average Bonchev–Trinajstić information content (AvgIpc) is 2.64. The molecule has 1 aromatic carbocycles. The van der Waals surface area contributed by atoms with E-state index >= 15 is 0 Å². The zero-order valence-electron chi connectivity index (χ0n) is 16.3. The first-order chi connectivity index (χ1) is 13.3. The number of para-hydroxylation sites is 1. The standard InChI is InChI=1S/C20H26N4O3S/c1-11-7-6-10-16(12(11)2)24-18(26)14-8-4-5-9-15(14)22-20(24)28-13(3)17(25)23-19(21)27/h4-5,8-9,11-13,16H,6-7,10H2,1-3H3,(H3,21,23,25,27)/t11-,12+,13-,16+/m0/s1. The second-order valence-corrected chi connectivity index (χ2v) is 8.84. The third kappa shape index (κ3) is 4.06. The summed E-state index contributed by atoms with van der Waals surface area (Å²) >= 11 is 1.18. The third-order valence-corrected chi connectivity index (χ3v) is 6.74. The number of rotatable bonds is 4. The zero-order chi connectivity index (χ0) is 20.4. The first kappa shape index (κ1) is 20.4. The first-order valence-corrected chi connectivity index (χ1v) is 10.5. The maximum atomic E-state index is 13.4. The number of hydrogen-bond acceptors (Lipinski definition) is 5. The molecule has 1 heterocycles. The number of primary amides is 1. The molecule has 1 aromatic heterocycles. The fraction of sp³-hybridized carbons (Fsp3) is 0.500. The van der Waals surface area contributed by atoms with E-state index in [1.165, 1.54) is 11.8 Å². The molecule has 0 unspecified atom stereocenters. The van der Waals surface area contributed by atoms with Crippen molar-refractivity contribution >= 4 is 34.6 Å². The Labute approximate surface area is 168 Å². The number of nitrogens with zero attached hydrogens (tertiary/aromatic N) is 2. The average molecular weight is 403 g/mol. The number of nitrogens with one attached hydrogen (secondary N) is 1. The van der Waals surface area contributed by atoms with Crippen LogP contribution in [0.1, 0.15) is 46.1 Å². The first-order valence-electron chi connectivity index (χ1n) is 9.57. The molecular weight excluding hydrogens is 376 g/mol. The van der Waals surface area contributed by atoms with E-state index in [2.05, 4.69) is 19.2 Å². The summed E-state index contributed by atoms with van der Waals surface area (Å²) in [6.07, 6.45) is 3.10. The minimum atomic E-state index is -0.893. The van der Waals surface area contributed by atoms with Gasteiger partial charge in [-0.1, -0.05) is 50.6 Å². The Hall–Kier alpha value is -2.35. The van der Waals surface area contributed by atoms with Gasteiger partial charge in [-0.2, -0.15) is 0 Å². The molecule has 3 amide bonds. The molecular formula is C20H26N4O3S. The monoisotopic (exact) mass is 402 g/mol. The minimum Gasteiger partial charge on any atom is -0.351 e. The smallest absolute Gasteiger partial charge is 0.318 e. The van der Waals surface area contributed by atoms with Crippen molar-refractivity contribution in [2.24, 2.45) is 17.6 Å². The van der Waals surface area contributed by atoms with Crippen LogP contribution in [-0.4, -0.2) is 26.7 Å². The molecule has 150 valence electrons. The van der Waals surface area contributed by atoms with Crippen molar-refractivity contribution in [1.29, 1.82) is 0 Å². The predicted octanol–water partition coefficient (Wildman–Crippen LogP) is 3.07. The number of imide groups is 1. The van der Waals surface area contributed by atoms with E-state index in [4.69, 9.17) is 10.7 Å². The molecule has 0 spiro atoms. The molecule has 1 aliphatic carbocycles. The lowest BCUT2D eigenvalue weighted by Gasteiger charge is -2.36. The summed E-state index contributed by atoms with van der Waals surface area (Å²) in [6, 6.07) is 6.39. The van der Waals surface area contributed by atoms with Crippen molar-refractivity contribution in [2.45, 2.75) is 56.5 Å². The maximum absolute atomic E-state index is 13.4. The van der Waals surface area contributed by atoms with Crippen LogP contribution in [0, 0.1) is 11.8 Å². The molecule has 1 fully saturated rings. The van der Waals surface area contributed by atoms with E-state index in [1.54, 1.807) is 23.6 Å². The van der Waals surface area contributed by atoms with E-state index in [0.29, 0.717) is 27.9 Å². The Morgan fingerprint density at radius 1 is 1.29 bits per heavy atom. The number of thioether (sulfide) groups is 1. The van der Waals surface area contributed by atoms with E-state index in [0.717, 1.165) is 19.3 Å². The summed E-state index contributed by atoms with van der Waals surface area (Å²) in [4.78, 5) is 41.2. The highest BCUT2D eigenvalue weighted by Crippen LogP contribution is 2.39. The minimum absolute atomic E-state index is 0.0299. The Morgan fingerprint density at radius 2 is 2.00 bits per heavy atom. The fourth-order valence-electron chi connectivity index (χ4n) is 3.85. The molecule has 3 rings (SSSR count). The highest BCUT2D eigenvalue weighted by Gasteiger charge is 2.32. The molecule has 28 heavy (non-hydrogen) atoms. The molecule has 4 atom stereocenters. The SMILES string of the molecule is C[C@H]1[C@H](n2c(S[C@@H](C)C(=O)NC(N)=O)nc3ccccc3c2=O)CCC[C@@H]1C. The molecule has 1 saturated carbocycles. The van der Waals surface area contributed by atoms with Gasteiger partial charge in [0.05, 0.1) is 16.2 Å². The molecule has 3 N–H and O–H groups in total. The van der Waals surface area contributed by atoms with E-state index in [1.807, 2.05) is 12.1 Å². The van der Waals surface area contributed by atoms with Gasteiger partial charge in [-0.15, -0.1) is 0 Å². The lowest BCUT2D eigenvalue weighted by atomic mass is 9.78. The summed E-state index contributed by atoms with van der Waals surface area (Å²) in [6.45, 7) is 6.06. The summed E-state index contributed by atoms with van der Waals surface area (Å²) in [7, 11) is 0. The molecule has 0 bridgehead atoms. The van der Waals surface area contributed by atoms with Gasteiger partial charge in [0.25, 0.3) is 5.56 Å². The lowest BCUT2D eigenvalue weighted by molar-refractivity contribution is -0.119. The van der Waals surface area contributed by atoms with Crippen LogP contribution in [0.15, 0.2) is 34.2 Å². The molecule has 8 heteroatoms. The second-order valence-electron chi connectivity index (χ2n) is 7.53. The van der Waals surface area contributed by atoms with E-state index in [-0.39, 0.29) is 11.6 Å². The maximum Gasteiger partial charge on any atom is 0.318 e. The van der Waals surface area contributed by atoms with Crippen LogP contribution in [0.5, 0.6) is 0 Å². The highest BCUT2D eigenvalue weighted by atomic mass is 32.2. The van der Waals surface area contributed by atoms with Gasteiger partial charge in [-0.25, -0.2) is 9.78 Å². The Balaban J connectivity index is 2.08. The highest BCUT2D eigenvalue weighted by molar-refractivity contribution is 8.00. The summed E-state index contributed by atoms with van der Waals surface area (Å²) in [5, 5.41) is 2.55. The number of aromatic nitrogens is 2. The van der Waals surface area contributed by atoms with Gasteiger partial charge in [0.1, 0.15) is 0 Å². The van der Waals surface area contributed by atoms with E-state index < -0.39 is 17.2 Å². The van der Waals surface area contributed by atoms with Crippen LogP contribution in [-0.2, 0) is 4.79 Å². The van der Waals surface area contributed by atoms with Crippen LogP contribution in [0.2, 0.25) is 0 Å². The van der Waals surface area contributed by atoms with Crippen LogP contribution >= 0.6 is 11.8 Å². The molecule has 7 nitrogen and oxygen atoms in total. The number of urea groups is 1. The number of carbonyl (C=O) groups is 2. The van der Waals surface area contributed by atoms with Gasteiger partial charge in [-0.3, -0.25) is 19.5 Å². The fourth-order valence-corrected chi connectivity index (χ4v) is 4.82. The second kappa shape index (κ2) is 8.34. The lowest BCUT2D eigenvalue weighted by Crippen LogP contribution is -2.40. The molecule has 1 aliphatic rings. The number of carbonyl (C=O) groups excluding carboxylic acids is 2. The largest absolute Gasteiger partial charge is 0.351 e. The molecule has 0 radical (unpaired) electrons. The van der Waals surface area contributed by atoms with Crippen LogP contribution < -0.4 is 16.6 Å². The Kier molecular flexibility index (Phi) is 6.07. The normalized spacial score (nSPS) is 23.3. The van der Waals surface area contributed by atoms with Crippen LogP contribution in [0.3, 0.4) is 0 Å². The van der Waals surface area contributed by atoms with Gasteiger partial charge >= 0.3 is 6.03 Å². The van der Waals surface area contributed by atoms with Crippen molar-refractivity contribution < 1.29 is 9.59 Å². The summed E-state index contributed by atoms with van der Waals surface area (Å²) < 4.78 is 1.77. The number of benzene rings is 1. The van der Waals surface area contributed by atoms with E-state index in [9.17, 15) is 14.4 Å². The molecule has 2 aromatic rings. The molecule has 0 aliphatic heterocycles. The number of hydrogen-bond donors (Lipinski definition) is 2. The van der Waals surface area contributed by atoms with Crippen LogP contribution in [0.25, 0.3) is 10.9 Å². The van der Waals surface area contributed by atoms with Crippen molar-refractivity contribution in [3.05, 3.63) is 34.6 Å². The van der Waals surface area contributed by atoms with Gasteiger partial charge in [-0.05, 0) is 37.3 Å². The van der Waals surface area contributed by atoms with Crippen molar-refractivity contribution in [2.75, 3.05) is 0 Å². The predicted molar refractivity (Wildman–Crippen MR) is 110 cm³/mol. The third-order valence-electron chi connectivity index (χ3n) is 5.67. The van der Waals surface area contributed by atoms with Gasteiger partial charge in [0, 0.05) is 6.04 Å². The van der Waals surface area contributed by atoms with Crippen molar-refractivity contribution in [3.8, 4) is 0 Å². The van der Waals surface area contributed by atoms with Crippen molar-refractivity contribution in [3.63, 3.8) is 0 Å². The Morgan fingerprint density at radius 3 is 2.71 bits per heavy atom. The number of amides is 3. The molecule has 0 saturated heterocycles. The zero-order valence-corrected chi connectivity index (χ0v) is 17.2. The Bertz CT molecular complexity index is 958. The van der Waals surface area contributed by atoms with Crippen LogP contribution in [0.4, 0.5) is 4.79 Å². The van der Waals surface area contributed by atoms with Gasteiger partial charge < -0.3 is 5.73 Å². The summed E-state index contributed by atoms with van der Waals surface area (Å²) in [5.74, 6) is 0.325. The topological polar surface area (TPSA) is 107 Å².